The predicted octanol–water partition coefficient (Wildman–Crippen LogP) is 5.76. The third kappa shape index (κ3) is 1.93. The van der Waals surface area contributed by atoms with Crippen LogP contribution in [0.1, 0.15) is 11.1 Å². The summed E-state index contributed by atoms with van der Waals surface area (Å²) in [5.41, 5.74) is 3.15. The Bertz CT molecular complexity index is 1200. The van der Waals surface area contributed by atoms with Crippen LogP contribution in [0, 0.1) is 0 Å². The van der Waals surface area contributed by atoms with Crippen molar-refractivity contribution >= 4 is 33.3 Å². The number of benzene rings is 4. The van der Waals surface area contributed by atoms with E-state index in [0.29, 0.717) is 0 Å². The average Bonchev–Trinajstić information content (AvgIpc) is 3.03. The van der Waals surface area contributed by atoms with E-state index in [0.717, 1.165) is 23.4 Å². The van der Waals surface area contributed by atoms with Gasteiger partial charge in [0.05, 0.1) is 0 Å². The molecule has 0 fully saturated rings. The van der Waals surface area contributed by atoms with Crippen molar-refractivity contribution in [3.63, 3.8) is 0 Å². The molecule has 2 aliphatic heterocycles. The number of nitrogens with one attached hydrogen (secondary N) is 1. The number of ether oxygens (including phenoxy) is 1. The highest BCUT2D eigenvalue weighted by atomic mass is 16.5. The van der Waals surface area contributed by atoms with Crippen molar-refractivity contribution in [2.24, 2.45) is 0 Å². The first-order valence-corrected chi connectivity index (χ1v) is 9.00. The molecule has 0 amide bonds. The van der Waals surface area contributed by atoms with Gasteiger partial charge in [0, 0.05) is 17.7 Å². The molecule has 0 bridgehead atoms. The van der Waals surface area contributed by atoms with E-state index in [9.17, 15) is 0 Å². The van der Waals surface area contributed by atoms with Crippen LogP contribution in [0.3, 0.4) is 0 Å². The number of para-hydroxylation sites is 1. The Morgan fingerprint density at radius 1 is 0.808 bits per heavy atom. The van der Waals surface area contributed by atoms with Crippen molar-refractivity contribution in [1.82, 2.24) is 0 Å². The van der Waals surface area contributed by atoms with Gasteiger partial charge in [-0.25, -0.2) is 0 Å². The smallest absolute Gasteiger partial charge is 0.204 e. The summed E-state index contributed by atoms with van der Waals surface area (Å²) in [6, 6.07) is 25.7. The quantitative estimate of drug-likeness (QED) is 0.412. The summed E-state index contributed by atoms with van der Waals surface area (Å²) in [5.74, 6) is 0.940. The van der Waals surface area contributed by atoms with Crippen molar-refractivity contribution in [3.8, 4) is 5.75 Å². The van der Waals surface area contributed by atoms with Gasteiger partial charge in [0.25, 0.3) is 0 Å². The predicted molar refractivity (Wildman–Crippen MR) is 108 cm³/mol. The van der Waals surface area contributed by atoms with Crippen molar-refractivity contribution in [2.45, 2.75) is 12.1 Å². The van der Waals surface area contributed by atoms with Gasteiger partial charge in [-0.05, 0) is 63.5 Å². The first kappa shape index (κ1) is 14.0. The molecular weight excluding hydrogens is 318 g/mol. The number of hydrogen-bond acceptors (Lipinski definition) is 2. The maximum absolute atomic E-state index is 6.49. The molecule has 26 heavy (non-hydrogen) atoms. The Morgan fingerprint density at radius 3 is 2.50 bits per heavy atom. The van der Waals surface area contributed by atoms with E-state index in [2.05, 4.69) is 90.3 Å². The number of rotatable bonds is 0. The molecule has 1 spiro atoms. The van der Waals surface area contributed by atoms with Gasteiger partial charge < -0.3 is 10.1 Å². The number of hydrogen-bond donors (Lipinski definition) is 1. The zero-order valence-electron chi connectivity index (χ0n) is 14.2. The molecular formula is C24H17NO. The first-order valence-electron chi connectivity index (χ1n) is 9.00. The minimum atomic E-state index is -0.471. The largest absolute Gasteiger partial charge is 0.464 e. The zero-order valence-corrected chi connectivity index (χ0v) is 14.2. The summed E-state index contributed by atoms with van der Waals surface area (Å²) in [7, 11) is 0. The molecule has 0 aliphatic carbocycles. The van der Waals surface area contributed by atoms with Crippen LogP contribution in [0.25, 0.3) is 27.6 Å². The fourth-order valence-corrected chi connectivity index (χ4v) is 4.24. The Balaban J connectivity index is 1.50. The average molecular weight is 335 g/mol. The van der Waals surface area contributed by atoms with Crippen molar-refractivity contribution in [2.75, 3.05) is 5.32 Å². The van der Waals surface area contributed by atoms with Gasteiger partial charge in [0.1, 0.15) is 5.75 Å². The molecule has 0 radical (unpaired) electrons. The molecule has 0 aromatic heterocycles. The van der Waals surface area contributed by atoms with Crippen molar-refractivity contribution in [3.05, 3.63) is 90.0 Å². The monoisotopic (exact) mass is 335 g/mol. The summed E-state index contributed by atoms with van der Waals surface area (Å²) >= 11 is 0. The molecule has 0 saturated heterocycles. The van der Waals surface area contributed by atoms with Gasteiger partial charge in [0.2, 0.25) is 5.72 Å². The van der Waals surface area contributed by atoms with E-state index >= 15 is 0 Å². The van der Waals surface area contributed by atoms with Crippen LogP contribution in [0.15, 0.2) is 78.9 Å². The molecule has 124 valence electrons. The van der Waals surface area contributed by atoms with Gasteiger partial charge in [-0.15, -0.1) is 0 Å². The molecule has 2 heterocycles. The maximum Gasteiger partial charge on any atom is 0.204 e. The van der Waals surface area contributed by atoms with Crippen molar-refractivity contribution in [1.29, 1.82) is 0 Å². The molecule has 1 atom stereocenters. The van der Waals surface area contributed by atoms with Crippen molar-refractivity contribution < 1.29 is 4.74 Å². The minimum absolute atomic E-state index is 0.471. The lowest BCUT2D eigenvalue weighted by atomic mass is 9.95. The summed E-state index contributed by atoms with van der Waals surface area (Å²) in [6.45, 7) is 0. The summed E-state index contributed by atoms with van der Waals surface area (Å²) in [4.78, 5) is 0. The van der Waals surface area contributed by atoms with E-state index < -0.39 is 5.72 Å². The van der Waals surface area contributed by atoms with Gasteiger partial charge in [-0.2, -0.15) is 0 Å². The molecule has 6 rings (SSSR count). The fraction of sp³-hybridized carbons (Fsp3) is 0.0833. The minimum Gasteiger partial charge on any atom is -0.464 e. The van der Waals surface area contributed by atoms with Crippen LogP contribution in [0.4, 0.5) is 5.69 Å². The second kappa shape index (κ2) is 4.89. The van der Waals surface area contributed by atoms with Gasteiger partial charge in [0.15, 0.2) is 0 Å². The highest BCUT2D eigenvalue weighted by molar-refractivity contribution is 6.03. The third-order valence-electron chi connectivity index (χ3n) is 5.52. The second-order valence-corrected chi connectivity index (χ2v) is 7.18. The highest BCUT2D eigenvalue weighted by Gasteiger charge is 2.39. The molecule has 0 saturated carbocycles. The lowest BCUT2D eigenvalue weighted by molar-refractivity contribution is 0.156. The van der Waals surface area contributed by atoms with E-state index in [1.165, 1.54) is 27.1 Å². The van der Waals surface area contributed by atoms with E-state index in [1.54, 1.807) is 0 Å². The Morgan fingerprint density at radius 2 is 1.62 bits per heavy atom. The molecule has 2 nitrogen and oxygen atoms in total. The number of anilines is 1. The fourth-order valence-electron chi connectivity index (χ4n) is 4.24. The van der Waals surface area contributed by atoms with Crippen LogP contribution in [0.2, 0.25) is 0 Å². The molecule has 2 aliphatic rings. The lowest BCUT2D eigenvalue weighted by Crippen LogP contribution is -2.41. The summed E-state index contributed by atoms with van der Waals surface area (Å²) < 4.78 is 6.49. The van der Waals surface area contributed by atoms with Crippen LogP contribution in [0.5, 0.6) is 5.75 Å². The molecule has 4 aromatic carbocycles. The Hall–Kier alpha value is -3.26. The Kier molecular flexibility index (Phi) is 2.63. The molecule has 1 unspecified atom stereocenters. The molecule has 2 heteroatoms. The van der Waals surface area contributed by atoms with E-state index in [4.69, 9.17) is 4.74 Å². The first-order chi connectivity index (χ1) is 12.8. The topological polar surface area (TPSA) is 21.3 Å². The second-order valence-electron chi connectivity index (χ2n) is 7.18. The lowest BCUT2D eigenvalue weighted by Gasteiger charge is -2.32. The van der Waals surface area contributed by atoms with Gasteiger partial charge in [-0.1, -0.05) is 48.5 Å². The van der Waals surface area contributed by atoms with Gasteiger partial charge in [-0.3, -0.25) is 0 Å². The number of fused-ring (bicyclic) bond motifs is 5. The van der Waals surface area contributed by atoms with E-state index in [1.807, 2.05) is 0 Å². The highest BCUT2D eigenvalue weighted by Crippen LogP contribution is 2.42. The molecule has 1 N–H and O–H groups in total. The van der Waals surface area contributed by atoms with Gasteiger partial charge >= 0.3 is 0 Å². The van der Waals surface area contributed by atoms with E-state index in [-0.39, 0.29) is 0 Å². The zero-order chi connectivity index (χ0) is 17.1. The third-order valence-corrected chi connectivity index (χ3v) is 5.52. The van der Waals surface area contributed by atoms with Crippen LogP contribution in [-0.4, -0.2) is 5.72 Å². The standard InChI is InChI=1S/C24H17NO/c1-2-6-17-14-21-18(13-16(17)5-1)9-10-23-20(21)11-12-24(26-23)15-19-7-3-4-8-22(19)25-24/h1-14,25H,15H2. The SMILES string of the molecule is C1=CC2(Cc3ccccc3N2)Oc2ccc3cc4ccccc4cc3c21. The summed E-state index contributed by atoms with van der Waals surface area (Å²) in [6.07, 6.45) is 5.23. The van der Waals surface area contributed by atoms with Crippen LogP contribution < -0.4 is 10.1 Å². The Labute approximate surface area is 151 Å². The maximum atomic E-state index is 6.49. The van der Waals surface area contributed by atoms with Crippen LogP contribution in [-0.2, 0) is 6.42 Å². The molecule has 4 aromatic rings. The normalized spacial score (nSPS) is 20.0. The van der Waals surface area contributed by atoms with Crippen LogP contribution >= 0.6 is 0 Å². The summed E-state index contributed by atoms with van der Waals surface area (Å²) in [5, 5.41) is 8.57.